The Morgan fingerprint density at radius 3 is 1.14 bits per heavy atom. The van der Waals surface area contributed by atoms with Crippen LogP contribution < -0.4 is 0 Å². The Morgan fingerprint density at radius 1 is 0.500 bits per heavy atom. The number of hydrogen-bond donors (Lipinski definition) is 0. The van der Waals surface area contributed by atoms with Crippen LogP contribution in [0.4, 0.5) is 0 Å². The third kappa shape index (κ3) is 20.0. The van der Waals surface area contributed by atoms with Crippen LogP contribution in [-0.4, -0.2) is 0 Å². The van der Waals surface area contributed by atoms with Crippen molar-refractivity contribution in [2.45, 2.75) is 122 Å². The average Bonchev–Trinajstić information content (AvgIpc) is 2.54. The first kappa shape index (κ1) is 22.0. The molecule has 0 aliphatic carbocycles. The molecule has 0 unspecified atom stereocenters. The maximum Gasteiger partial charge on any atom is 0.0586 e. The van der Waals surface area contributed by atoms with Gasteiger partial charge in [0.2, 0.25) is 0 Å². The molecule has 2 radical (unpaired) electrons. The van der Waals surface area contributed by atoms with E-state index in [1.54, 1.807) is 0 Å². The van der Waals surface area contributed by atoms with Crippen LogP contribution in [0.3, 0.4) is 0 Å². The van der Waals surface area contributed by atoms with Gasteiger partial charge in [-0.2, -0.15) is 0 Å². The largest absolute Gasteiger partial charge is 0.0979 e. The van der Waals surface area contributed by atoms with Crippen LogP contribution in [0.2, 0.25) is 0 Å². The molecule has 0 aromatic heterocycles. The van der Waals surface area contributed by atoms with E-state index in [1.165, 1.54) is 109 Å². The molecule has 0 saturated carbocycles. The van der Waals surface area contributed by atoms with E-state index in [0.717, 1.165) is 6.42 Å². The average molecular weight is 323 g/mol. The van der Waals surface area contributed by atoms with Gasteiger partial charge < -0.3 is 0 Å². The molecule has 0 saturated heterocycles. The van der Waals surface area contributed by atoms with E-state index in [1.807, 2.05) is 0 Å². The van der Waals surface area contributed by atoms with Gasteiger partial charge in [0, 0.05) is 6.42 Å². The van der Waals surface area contributed by atoms with Crippen LogP contribution in [0.1, 0.15) is 122 Å². The van der Waals surface area contributed by atoms with Crippen LogP contribution in [0.5, 0.6) is 0 Å². The molecule has 0 atom stereocenters. The standard InChI is InChI=1S/C21H39P/c1-2-3-4-5-6-7-8-9-10-11-12-13-14-15-16-17-18-19-20-21-22/h2-19H2,1H3. The molecule has 0 aliphatic rings. The summed E-state index contributed by atoms with van der Waals surface area (Å²) in [6.45, 7) is 2.29. The second kappa shape index (κ2) is 21.0. The van der Waals surface area contributed by atoms with E-state index in [2.05, 4.69) is 27.7 Å². The summed E-state index contributed by atoms with van der Waals surface area (Å²) in [6.07, 6.45) is 25.4. The molecule has 128 valence electrons. The maximum atomic E-state index is 3.89. The fourth-order valence-electron chi connectivity index (χ4n) is 2.99. The van der Waals surface area contributed by atoms with Gasteiger partial charge in [-0.3, -0.25) is 0 Å². The van der Waals surface area contributed by atoms with Crippen molar-refractivity contribution in [3.8, 4) is 11.6 Å². The molecule has 0 N–H and O–H groups in total. The molecule has 0 bridgehead atoms. The molecule has 0 aromatic carbocycles. The van der Waals surface area contributed by atoms with Crippen LogP contribution in [0, 0.1) is 11.6 Å². The molecule has 0 spiro atoms. The summed E-state index contributed by atoms with van der Waals surface area (Å²) < 4.78 is 0. The first-order valence-corrected chi connectivity index (χ1v) is 10.5. The van der Waals surface area contributed by atoms with E-state index >= 15 is 0 Å². The fraction of sp³-hybridized carbons (Fsp3) is 0.905. The van der Waals surface area contributed by atoms with Crippen LogP contribution in [0.25, 0.3) is 0 Å². The number of rotatable bonds is 17. The highest BCUT2D eigenvalue weighted by atomic mass is 31.0. The van der Waals surface area contributed by atoms with Gasteiger partial charge in [-0.1, -0.05) is 121 Å². The summed E-state index contributed by atoms with van der Waals surface area (Å²) >= 11 is 0. The highest BCUT2D eigenvalue weighted by Crippen LogP contribution is 2.14. The molecule has 1 heteroatoms. The molecule has 0 aliphatic heterocycles. The Kier molecular flexibility index (Phi) is 21.0. The van der Waals surface area contributed by atoms with Crippen LogP contribution in [0.15, 0.2) is 0 Å². The Bertz CT molecular complexity index is 248. The van der Waals surface area contributed by atoms with Crippen molar-refractivity contribution >= 4 is 9.24 Å². The lowest BCUT2D eigenvalue weighted by Gasteiger charge is -2.03. The summed E-state index contributed by atoms with van der Waals surface area (Å²) in [6, 6.07) is 0. The van der Waals surface area contributed by atoms with Gasteiger partial charge in [0.25, 0.3) is 0 Å². The Balaban J connectivity index is 2.95. The van der Waals surface area contributed by atoms with Crippen LogP contribution >= 0.6 is 9.24 Å². The minimum atomic E-state index is 1.03. The highest BCUT2D eigenvalue weighted by Gasteiger charge is 1.94. The second-order valence-electron chi connectivity index (χ2n) is 6.70. The van der Waals surface area contributed by atoms with Crippen molar-refractivity contribution in [2.24, 2.45) is 0 Å². The van der Waals surface area contributed by atoms with E-state index in [0.29, 0.717) is 0 Å². The topological polar surface area (TPSA) is 0 Å². The van der Waals surface area contributed by atoms with Gasteiger partial charge in [-0.05, 0) is 6.42 Å². The smallest absolute Gasteiger partial charge is 0.0586 e. The van der Waals surface area contributed by atoms with Gasteiger partial charge in [0.05, 0.1) is 9.24 Å². The summed E-state index contributed by atoms with van der Waals surface area (Å²) in [5.74, 6) is 3.01. The second-order valence-corrected chi connectivity index (χ2v) is 6.92. The van der Waals surface area contributed by atoms with Gasteiger partial charge in [0.1, 0.15) is 0 Å². The zero-order chi connectivity index (χ0) is 16.1. The predicted octanol–water partition coefficient (Wildman–Crippen LogP) is 8.40. The van der Waals surface area contributed by atoms with E-state index in [9.17, 15) is 0 Å². The lowest BCUT2D eigenvalue weighted by Crippen LogP contribution is -1.83. The van der Waals surface area contributed by atoms with Crippen molar-refractivity contribution in [3.05, 3.63) is 0 Å². The first-order valence-electron chi connectivity index (χ1n) is 10.0. The van der Waals surface area contributed by atoms with Crippen molar-refractivity contribution in [3.63, 3.8) is 0 Å². The van der Waals surface area contributed by atoms with Crippen molar-refractivity contribution in [2.75, 3.05) is 0 Å². The van der Waals surface area contributed by atoms with Gasteiger partial charge in [-0.25, -0.2) is 0 Å². The zero-order valence-electron chi connectivity index (χ0n) is 15.2. The Labute approximate surface area is 143 Å². The lowest BCUT2D eigenvalue weighted by molar-refractivity contribution is 0.528. The molecule has 22 heavy (non-hydrogen) atoms. The molecular weight excluding hydrogens is 283 g/mol. The Hall–Kier alpha value is -0.0100. The fourth-order valence-corrected chi connectivity index (χ4v) is 3.11. The van der Waals surface area contributed by atoms with E-state index < -0.39 is 0 Å². The normalized spacial score (nSPS) is 10.5. The minimum Gasteiger partial charge on any atom is -0.0979 e. The summed E-state index contributed by atoms with van der Waals surface area (Å²) in [5, 5.41) is 0. The predicted molar refractivity (Wildman–Crippen MR) is 103 cm³/mol. The lowest BCUT2D eigenvalue weighted by atomic mass is 10.0. The molecule has 0 nitrogen and oxygen atoms in total. The van der Waals surface area contributed by atoms with Gasteiger partial charge in [-0.15, -0.1) is 0 Å². The Morgan fingerprint density at radius 2 is 0.818 bits per heavy atom. The molecule has 0 fully saturated rings. The first-order chi connectivity index (χ1) is 10.9. The molecule has 0 heterocycles. The van der Waals surface area contributed by atoms with E-state index in [-0.39, 0.29) is 0 Å². The summed E-state index contributed by atoms with van der Waals surface area (Å²) in [4.78, 5) is 0. The SMILES string of the molecule is CCCCCCCCCCCCCCCCCCCC#C[P]. The monoisotopic (exact) mass is 322 g/mol. The molecule has 0 aromatic rings. The van der Waals surface area contributed by atoms with Crippen molar-refractivity contribution in [1.82, 2.24) is 0 Å². The minimum absolute atomic E-state index is 1.03. The highest BCUT2D eigenvalue weighted by molar-refractivity contribution is 7.23. The molecule has 0 rings (SSSR count). The maximum absolute atomic E-state index is 3.89. The van der Waals surface area contributed by atoms with E-state index in [4.69, 9.17) is 0 Å². The summed E-state index contributed by atoms with van der Waals surface area (Å²) in [7, 11) is 3.89. The molecule has 0 amide bonds. The third-order valence-corrected chi connectivity index (χ3v) is 4.64. The number of hydrogen-bond acceptors (Lipinski definition) is 0. The quantitative estimate of drug-likeness (QED) is 0.143. The van der Waals surface area contributed by atoms with Gasteiger partial charge >= 0.3 is 0 Å². The zero-order valence-corrected chi connectivity index (χ0v) is 16.1. The summed E-state index contributed by atoms with van der Waals surface area (Å²) in [5.41, 5.74) is 2.67. The third-order valence-electron chi connectivity index (χ3n) is 4.48. The van der Waals surface area contributed by atoms with Crippen molar-refractivity contribution < 1.29 is 0 Å². The molecular formula is C21H39P. The van der Waals surface area contributed by atoms with Crippen molar-refractivity contribution in [1.29, 1.82) is 0 Å². The number of unbranched alkanes of at least 4 members (excludes halogenated alkanes) is 17. The van der Waals surface area contributed by atoms with Gasteiger partial charge in [0.15, 0.2) is 0 Å². The van der Waals surface area contributed by atoms with Crippen LogP contribution in [-0.2, 0) is 0 Å².